The van der Waals surface area contributed by atoms with Gasteiger partial charge in [0.05, 0.1) is 0 Å². The van der Waals surface area contributed by atoms with Gasteiger partial charge in [-0.25, -0.2) is 13.1 Å². The molecule has 6 nitrogen and oxygen atoms in total. The van der Waals surface area contributed by atoms with Crippen molar-refractivity contribution in [1.29, 1.82) is 0 Å². The quantitative estimate of drug-likeness (QED) is 0.805. The van der Waals surface area contributed by atoms with Crippen LogP contribution in [0.2, 0.25) is 0 Å². The van der Waals surface area contributed by atoms with Crippen LogP contribution in [0, 0.1) is 19.8 Å². The summed E-state index contributed by atoms with van der Waals surface area (Å²) in [5, 5.41) is 3.63. The number of nitrogens with zero attached hydrogens (tertiary/aromatic N) is 1. The maximum absolute atomic E-state index is 12.1. The van der Waals surface area contributed by atoms with Crippen molar-refractivity contribution in [3.63, 3.8) is 0 Å². The van der Waals surface area contributed by atoms with Crippen LogP contribution in [-0.4, -0.2) is 26.2 Å². The summed E-state index contributed by atoms with van der Waals surface area (Å²) in [5.41, 5.74) is 6.20. The number of hydrogen-bond donors (Lipinski definition) is 2. The highest BCUT2D eigenvalue weighted by atomic mass is 32.2. The summed E-state index contributed by atoms with van der Waals surface area (Å²) in [6, 6.07) is -0.194. The van der Waals surface area contributed by atoms with E-state index < -0.39 is 10.0 Å². The van der Waals surface area contributed by atoms with Crippen molar-refractivity contribution in [2.75, 3.05) is 6.54 Å². The van der Waals surface area contributed by atoms with Crippen molar-refractivity contribution in [3.8, 4) is 0 Å². The molecule has 0 amide bonds. The number of rotatable bonds is 6. The van der Waals surface area contributed by atoms with E-state index in [1.165, 1.54) is 0 Å². The van der Waals surface area contributed by atoms with Gasteiger partial charge in [0.25, 0.3) is 0 Å². The normalized spacial score (nSPS) is 14.1. The number of aryl methyl sites for hydroxylation is 2. The van der Waals surface area contributed by atoms with E-state index in [0.717, 1.165) is 6.42 Å². The second kappa shape index (κ2) is 5.81. The van der Waals surface area contributed by atoms with Crippen molar-refractivity contribution in [2.45, 2.75) is 45.1 Å². The van der Waals surface area contributed by atoms with Crippen LogP contribution in [-0.2, 0) is 10.0 Å². The fraction of sp³-hybridized carbons (Fsp3) is 0.727. The van der Waals surface area contributed by atoms with E-state index >= 15 is 0 Å². The van der Waals surface area contributed by atoms with E-state index in [2.05, 4.69) is 9.88 Å². The first-order valence-electron chi connectivity index (χ1n) is 5.92. The Morgan fingerprint density at radius 1 is 1.39 bits per heavy atom. The Morgan fingerprint density at radius 2 is 2.00 bits per heavy atom. The topological polar surface area (TPSA) is 98.2 Å². The lowest BCUT2D eigenvalue weighted by Gasteiger charge is -2.14. The monoisotopic (exact) mass is 275 g/mol. The Hall–Kier alpha value is -0.920. The molecule has 0 aliphatic carbocycles. The zero-order valence-electron chi connectivity index (χ0n) is 11.2. The highest BCUT2D eigenvalue weighted by Crippen LogP contribution is 2.18. The van der Waals surface area contributed by atoms with Gasteiger partial charge in [0.15, 0.2) is 5.76 Å². The molecular weight excluding hydrogens is 254 g/mol. The molecule has 1 aromatic heterocycles. The average Bonchev–Trinajstić information content (AvgIpc) is 2.55. The van der Waals surface area contributed by atoms with E-state index in [9.17, 15) is 8.42 Å². The third-order valence-corrected chi connectivity index (χ3v) is 4.21. The van der Waals surface area contributed by atoms with E-state index in [1.807, 2.05) is 13.8 Å². The molecule has 18 heavy (non-hydrogen) atoms. The van der Waals surface area contributed by atoms with E-state index in [1.54, 1.807) is 13.8 Å². The van der Waals surface area contributed by atoms with Crippen LogP contribution in [0.5, 0.6) is 0 Å². The average molecular weight is 275 g/mol. The second-order valence-corrected chi connectivity index (χ2v) is 6.60. The summed E-state index contributed by atoms with van der Waals surface area (Å²) in [6.07, 6.45) is 0.768. The van der Waals surface area contributed by atoms with Crippen LogP contribution in [0.3, 0.4) is 0 Å². The maximum Gasteiger partial charge on any atom is 0.246 e. The minimum absolute atomic E-state index is 0.110. The number of aromatic nitrogens is 1. The highest BCUT2D eigenvalue weighted by Gasteiger charge is 2.24. The summed E-state index contributed by atoms with van der Waals surface area (Å²) >= 11 is 0. The standard InChI is InChI=1S/C11H21N3O3S/c1-7(2)5-10(12)6-13-18(15,16)11-8(3)14-17-9(11)4/h7,10,13H,5-6,12H2,1-4H3. The summed E-state index contributed by atoms with van der Waals surface area (Å²) in [5.74, 6) is 0.723. The molecule has 1 aromatic rings. The minimum Gasteiger partial charge on any atom is -0.360 e. The lowest BCUT2D eigenvalue weighted by atomic mass is 10.1. The predicted octanol–water partition coefficient (Wildman–Crippen LogP) is 0.943. The Bertz CT molecular complexity index is 474. The SMILES string of the molecule is Cc1noc(C)c1S(=O)(=O)NCC(N)CC(C)C. The summed E-state index contributed by atoms with van der Waals surface area (Å²) in [6.45, 7) is 7.47. The summed E-state index contributed by atoms with van der Waals surface area (Å²) < 4.78 is 31.5. The third kappa shape index (κ3) is 3.79. The van der Waals surface area contributed by atoms with Gasteiger partial charge in [0.2, 0.25) is 10.0 Å². The van der Waals surface area contributed by atoms with Crippen LogP contribution < -0.4 is 10.5 Å². The number of nitrogens with one attached hydrogen (secondary N) is 1. The zero-order chi connectivity index (χ0) is 13.9. The van der Waals surface area contributed by atoms with Crippen molar-refractivity contribution < 1.29 is 12.9 Å². The first kappa shape index (κ1) is 15.1. The Balaban J connectivity index is 2.72. The second-order valence-electron chi connectivity index (χ2n) is 4.89. The van der Waals surface area contributed by atoms with Crippen LogP contribution in [0.25, 0.3) is 0 Å². The predicted molar refractivity (Wildman–Crippen MR) is 68.6 cm³/mol. The molecule has 1 rings (SSSR count). The molecule has 0 bridgehead atoms. The van der Waals surface area contributed by atoms with Gasteiger partial charge in [-0.3, -0.25) is 0 Å². The first-order chi connectivity index (χ1) is 8.24. The molecule has 0 saturated heterocycles. The third-order valence-electron chi connectivity index (χ3n) is 2.55. The van der Waals surface area contributed by atoms with E-state index in [0.29, 0.717) is 11.6 Å². The van der Waals surface area contributed by atoms with Gasteiger partial charge >= 0.3 is 0 Å². The van der Waals surface area contributed by atoms with Crippen molar-refractivity contribution >= 4 is 10.0 Å². The van der Waals surface area contributed by atoms with Gasteiger partial charge in [-0.2, -0.15) is 0 Å². The fourth-order valence-corrected chi connectivity index (χ4v) is 3.26. The van der Waals surface area contributed by atoms with Gasteiger partial charge in [0.1, 0.15) is 10.6 Å². The Morgan fingerprint density at radius 3 is 2.44 bits per heavy atom. The first-order valence-corrected chi connectivity index (χ1v) is 7.40. The van der Waals surface area contributed by atoms with Gasteiger partial charge in [-0.05, 0) is 26.2 Å². The Labute approximate surface area is 108 Å². The lowest BCUT2D eigenvalue weighted by molar-refractivity contribution is 0.390. The number of nitrogens with two attached hydrogens (primary N) is 1. The molecule has 0 aliphatic heterocycles. The molecule has 0 fully saturated rings. The van der Waals surface area contributed by atoms with Crippen molar-refractivity contribution in [2.24, 2.45) is 11.7 Å². The number of hydrogen-bond acceptors (Lipinski definition) is 5. The zero-order valence-corrected chi connectivity index (χ0v) is 12.0. The molecule has 1 unspecified atom stereocenters. The maximum atomic E-state index is 12.1. The van der Waals surface area contributed by atoms with Gasteiger partial charge in [-0.1, -0.05) is 19.0 Å². The number of sulfonamides is 1. The largest absolute Gasteiger partial charge is 0.360 e. The summed E-state index contributed by atoms with van der Waals surface area (Å²) in [4.78, 5) is 0.110. The highest BCUT2D eigenvalue weighted by molar-refractivity contribution is 7.89. The van der Waals surface area contributed by atoms with Crippen molar-refractivity contribution in [1.82, 2.24) is 9.88 Å². The van der Waals surface area contributed by atoms with Crippen molar-refractivity contribution in [3.05, 3.63) is 11.5 Å². The van der Waals surface area contributed by atoms with Crippen LogP contribution >= 0.6 is 0 Å². The van der Waals surface area contributed by atoms with E-state index in [4.69, 9.17) is 10.3 Å². The smallest absolute Gasteiger partial charge is 0.246 e. The van der Waals surface area contributed by atoms with Crippen LogP contribution in [0.1, 0.15) is 31.7 Å². The molecule has 0 spiro atoms. The van der Waals surface area contributed by atoms with Gasteiger partial charge in [0, 0.05) is 12.6 Å². The van der Waals surface area contributed by atoms with Gasteiger partial charge in [-0.15, -0.1) is 0 Å². The van der Waals surface area contributed by atoms with Crippen LogP contribution in [0.4, 0.5) is 0 Å². The molecule has 0 saturated carbocycles. The molecule has 104 valence electrons. The van der Waals surface area contributed by atoms with E-state index in [-0.39, 0.29) is 23.2 Å². The molecule has 1 atom stereocenters. The molecule has 0 aliphatic rings. The minimum atomic E-state index is -3.60. The molecule has 1 heterocycles. The lowest BCUT2D eigenvalue weighted by Crippen LogP contribution is -2.38. The molecule has 0 radical (unpaired) electrons. The molecule has 7 heteroatoms. The van der Waals surface area contributed by atoms with Crippen LogP contribution in [0.15, 0.2) is 9.42 Å². The fourth-order valence-electron chi connectivity index (χ4n) is 1.84. The molecular formula is C11H21N3O3S. The molecule has 3 N–H and O–H groups in total. The Kier molecular flexibility index (Phi) is 4.89. The van der Waals surface area contributed by atoms with Gasteiger partial charge < -0.3 is 10.3 Å². The molecule has 0 aromatic carbocycles. The summed E-state index contributed by atoms with van der Waals surface area (Å²) in [7, 11) is -3.60.